The molecule has 0 radical (unpaired) electrons. The predicted molar refractivity (Wildman–Crippen MR) is 66.9 cm³/mol. The van der Waals surface area contributed by atoms with Gasteiger partial charge in [-0.2, -0.15) is 0 Å². The number of thiazole rings is 1. The summed E-state index contributed by atoms with van der Waals surface area (Å²) in [6.45, 7) is 0. The maximum absolute atomic E-state index is 11.5. The number of nitrogens with zero attached hydrogens (tertiary/aromatic N) is 4. The third kappa shape index (κ3) is 1.77. The second kappa shape index (κ2) is 4.01. The lowest BCUT2D eigenvalue weighted by molar-refractivity contribution is 0.675. The molecule has 0 spiro atoms. The van der Waals surface area contributed by atoms with E-state index < -0.39 is 10.8 Å². The van der Waals surface area contributed by atoms with Crippen molar-refractivity contribution in [3.8, 4) is 5.13 Å². The maximum Gasteiger partial charge on any atom is 0.227 e. The Kier molecular flexibility index (Phi) is 2.49. The van der Waals surface area contributed by atoms with Crippen LogP contribution >= 0.6 is 11.3 Å². The zero-order valence-electron chi connectivity index (χ0n) is 8.90. The van der Waals surface area contributed by atoms with Crippen LogP contribution in [0.15, 0.2) is 35.7 Å². The molecule has 1 aromatic carbocycles. The molecule has 86 valence electrons. The van der Waals surface area contributed by atoms with E-state index in [1.54, 1.807) is 10.8 Å². The van der Waals surface area contributed by atoms with Crippen molar-refractivity contribution in [2.24, 2.45) is 0 Å². The Labute approximate surface area is 104 Å². The van der Waals surface area contributed by atoms with Crippen molar-refractivity contribution in [2.45, 2.75) is 5.16 Å². The summed E-state index contributed by atoms with van der Waals surface area (Å²) in [5.41, 5.74) is 0.925. The van der Waals surface area contributed by atoms with Crippen LogP contribution in [-0.4, -0.2) is 30.2 Å². The van der Waals surface area contributed by atoms with Crippen LogP contribution in [0.1, 0.15) is 0 Å². The first-order chi connectivity index (χ1) is 8.25. The number of rotatable bonds is 2. The van der Waals surface area contributed by atoms with E-state index in [-0.39, 0.29) is 0 Å². The minimum atomic E-state index is -1.18. The fourth-order valence-corrected chi connectivity index (χ4v) is 3.08. The van der Waals surface area contributed by atoms with Crippen LogP contribution in [0.2, 0.25) is 0 Å². The van der Waals surface area contributed by atoms with Gasteiger partial charge in [0.1, 0.15) is 6.33 Å². The van der Waals surface area contributed by atoms with Crippen LogP contribution < -0.4 is 0 Å². The first-order valence-corrected chi connectivity index (χ1v) is 7.22. The van der Waals surface area contributed by atoms with Crippen LogP contribution in [0, 0.1) is 0 Å². The van der Waals surface area contributed by atoms with Crippen LogP contribution in [0.3, 0.4) is 0 Å². The summed E-state index contributed by atoms with van der Waals surface area (Å²) in [6.07, 6.45) is 3.11. The van der Waals surface area contributed by atoms with Crippen molar-refractivity contribution in [1.82, 2.24) is 19.7 Å². The Hall–Kier alpha value is -1.60. The van der Waals surface area contributed by atoms with Crippen LogP contribution in [0.4, 0.5) is 0 Å². The minimum absolute atomic E-state index is 0.420. The molecule has 0 N–H and O–H groups in total. The summed E-state index contributed by atoms with van der Waals surface area (Å²) < 4.78 is 14.2. The average molecular weight is 264 g/mol. The Morgan fingerprint density at radius 3 is 2.94 bits per heavy atom. The second-order valence-electron chi connectivity index (χ2n) is 3.40. The van der Waals surface area contributed by atoms with Gasteiger partial charge < -0.3 is 0 Å². The molecular formula is C10H8N4OS2. The summed E-state index contributed by atoms with van der Waals surface area (Å²) in [5, 5.41) is 8.78. The molecule has 0 amide bonds. The van der Waals surface area contributed by atoms with Crippen molar-refractivity contribution >= 4 is 32.4 Å². The van der Waals surface area contributed by atoms with Crippen molar-refractivity contribution < 1.29 is 4.21 Å². The van der Waals surface area contributed by atoms with E-state index in [2.05, 4.69) is 15.2 Å². The molecule has 5 nitrogen and oxygen atoms in total. The lowest BCUT2D eigenvalue weighted by Gasteiger charge is -1.97. The van der Waals surface area contributed by atoms with Crippen LogP contribution in [0.25, 0.3) is 15.3 Å². The van der Waals surface area contributed by atoms with Gasteiger partial charge in [0.2, 0.25) is 5.16 Å². The fourth-order valence-electron chi connectivity index (χ4n) is 1.51. The number of aromatic nitrogens is 4. The topological polar surface area (TPSA) is 60.7 Å². The Morgan fingerprint density at radius 1 is 1.35 bits per heavy atom. The lowest BCUT2D eigenvalue weighted by Crippen LogP contribution is -2.01. The van der Waals surface area contributed by atoms with Crippen LogP contribution in [-0.2, 0) is 10.8 Å². The van der Waals surface area contributed by atoms with Gasteiger partial charge in [0.15, 0.2) is 5.13 Å². The Balaban J connectivity index is 2.20. The predicted octanol–water partition coefficient (Wildman–Crippen LogP) is 1.61. The van der Waals surface area contributed by atoms with Crippen molar-refractivity contribution in [3.05, 3.63) is 30.6 Å². The Morgan fingerprint density at radius 2 is 2.18 bits per heavy atom. The van der Waals surface area contributed by atoms with E-state index in [4.69, 9.17) is 0 Å². The molecule has 0 aliphatic rings. The number of hydrogen-bond acceptors (Lipinski definition) is 5. The highest BCUT2D eigenvalue weighted by atomic mass is 32.2. The SMILES string of the molecule is CS(=O)c1nncn1-c1nc2ccccc2s1. The van der Waals surface area contributed by atoms with Gasteiger partial charge in [-0.05, 0) is 12.1 Å². The maximum atomic E-state index is 11.5. The van der Waals surface area contributed by atoms with Crippen molar-refractivity contribution in [2.75, 3.05) is 6.26 Å². The quantitative estimate of drug-likeness (QED) is 0.705. The Bertz CT molecular complexity index is 670. The van der Waals surface area contributed by atoms with Gasteiger partial charge in [0.05, 0.1) is 21.0 Å². The van der Waals surface area contributed by atoms with Crippen molar-refractivity contribution in [3.63, 3.8) is 0 Å². The largest absolute Gasteiger partial charge is 0.251 e. The first kappa shape index (κ1) is 10.5. The summed E-state index contributed by atoms with van der Waals surface area (Å²) >= 11 is 1.52. The normalized spacial score (nSPS) is 13.0. The minimum Gasteiger partial charge on any atom is -0.251 e. The zero-order chi connectivity index (χ0) is 11.8. The van der Waals surface area contributed by atoms with E-state index >= 15 is 0 Å². The molecule has 0 saturated carbocycles. The zero-order valence-corrected chi connectivity index (χ0v) is 10.5. The van der Waals surface area contributed by atoms with E-state index in [1.807, 2.05) is 24.3 Å². The molecule has 3 aromatic rings. The molecule has 0 aliphatic carbocycles. The van der Waals surface area contributed by atoms with Gasteiger partial charge in [-0.15, -0.1) is 10.2 Å². The summed E-state index contributed by atoms with van der Waals surface area (Å²) in [7, 11) is -1.18. The molecular weight excluding hydrogens is 256 g/mol. The third-order valence-electron chi connectivity index (χ3n) is 2.26. The van der Waals surface area contributed by atoms with Gasteiger partial charge in [0.25, 0.3) is 0 Å². The molecule has 7 heteroatoms. The molecule has 1 unspecified atom stereocenters. The molecule has 0 bridgehead atoms. The van der Waals surface area contributed by atoms with E-state index in [1.165, 1.54) is 17.7 Å². The highest BCUT2D eigenvalue weighted by molar-refractivity contribution is 7.84. The highest BCUT2D eigenvalue weighted by Crippen LogP contribution is 2.25. The molecule has 0 fully saturated rings. The van der Waals surface area contributed by atoms with E-state index in [0.29, 0.717) is 5.16 Å². The summed E-state index contributed by atoms with van der Waals surface area (Å²) in [5.74, 6) is 0. The lowest BCUT2D eigenvalue weighted by atomic mass is 10.3. The molecule has 0 saturated heterocycles. The van der Waals surface area contributed by atoms with Gasteiger partial charge in [-0.3, -0.25) is 4.21 Å². The summed E-state index contributed by atoms with van der Waals surface area (Å²) in [6, 6.07) is 7.86. The third-order valence-corrected chi connectivity index (χ3v) is 4.09. The molecule has 2 heterocycles. The summed E-state index contributed by atoms with van der Waals surface area (Å²) in [4.78, 5) is 4.47. The average Bonchev–Trinajstić information content (AvgIpc) is 2.95. The van der Waals surface area contributed by atoms with Gasteiger partial charge in [-0.25, -0.2) is 9.55 Å². The second-order valence-corrected chi connectivity index (χ2v) is 5.68. The highest BCUT2D eigenvalue weighted by Gasteiger charge is 2.13. The smallest absolute Gasteiger partial charge is 0.227 e. The van der Waals surface area contributed by atoms with Crippen molar-refractivity contribution in [1.29, 1.82) is 0 Å². The number of fused-ring (bicyclic) bond motifs is 1. The van der Waals surface area contributed by atoms with Crippen LogP contribution in [0.5, 0.6) is 0 Å². The molecule has 0 aliphatic heterocycles. The molecule has 1 atom stereocenters. The number of benzene rings is 1. The first-order valence-electron chi connectivity index (χ1n) is 4.85. The number of para-hydroxylation sites is 1. The fraction of sp³-hybridized carbons (Fsp3) is 0.100. The van der Waals surface area contributed by atoms with Gasteiger partial charge >= 0.3 is 0 Å². The monoisotopic (exact) mass is 264 g/mol. The molecule has 17 heavy (non-hydrogen) atoms. The van der Waals surface area contributed by atoms with Gasteiger partial charge in [-0.1, -0.05) is 23.5 Å². The van der Waals surface area contributed by atoms with Gasteiger partial charge in [0, 0.05) is 6.26 Å². The number of hydrogen-bond donors (Lipinski definition) is 0. The standard InChI is InChI=1S/C10H8N4OS2/c1-17(15)10-13-11-6-14(10)9-12-7-4-2-3-5-8(7)16-9/h2-6H,1H3. The van der Waals surface area contributed by atoms with E-state index in [9.17, 15) is 4.21 Å². The molecule has 2 aromatic heterocycles. The molecule has 3 rings (SSSR count). The van der Waals surface area contributed by atoms with E-state index in [0.717, 1.165) is 15.3 Å².